The lowest BCUT2D eigenvalue weighted by atomic mass is 9.87. The maximum atomic E-state index is 5.37. The number of fused-ring (bicyclic) bond motifs is 6. The monoisotopic (exact) mass is 548 g/mol. The van der Waals surface area contributed by atoms with E-state index in [2.05, 4.69) is 121 Å². The Labute approximate surface area is 248 Å². The molecule has 0 unspecified atom stereocenters. The number of hydrogen-bond donors (Lipinski definition) is 0. The van der Waals surface area contributed by atoms with Crippen LogP contribution in [0, 0.1) is 6.92 Å². The van der Waals surface area contributed by atoms with Gasteiger partial charge < -0.3 is 9.40 Å². The molecule has 1 heterocycles. The number of aryl methyl sites for hydroxylation is 2. The van der Waals surface area contributed by atoms with E-state index < -0.39 is 0 Å². The summed E-state index contributed by atoms with van der Waals surface area (Å²) < 4.78 is 2.42. The van der Waals surface area contributed by atoms with Gasteiger partial charge in [-0.2, -0.15) is 0 Å². The topological polar surface area (TPSA) is 26.5 Å². The van der Waals surface area contributed by atoms with Crippen LogP contribution >= 0.6 is 0 Å². The van der Waals surface area contributed by atoms with E-state index in [0.29, 0.717) is 6.61 Å². The highest BCUT2D eigenvalue weighted by Crippen LogP contribution is 2.45. The van der Waals surface area contributed by atoms with Gasteiger partial charge in [0.2, 0.25) is 0 Å². The molecule has 5 aromatic carbocycles. The van der Waals surface area contributed by atoms with E-state index in [1.807, 2.05) is 13.8 Å². The third-order valence-corrected chi connectivity index (χ3v) is 8.93. The highest BCUT2D eigenvalue weighted by molar-refractivity contribution is 6.12. The van der Waals surface area contributed by atoms with Gasteiger partial charge in [-0.3, -0.25) is 0 Å². The Morgan fingerprint density at radius 3 is 2.36 bits per heavy atom. The summed E-state index contributed by atoms with van der Waals surface area (Å²) in [6, 6.07) is 36.2. The Morgan fingerprint density at radius 2 is 1.55 bits per heavy atom. The maximum Gasteiger partial charge on any atom is 0.114 e. The van der Waals surface area contributed by atoms with Crippen LogP contribution in [0.2, 0.25) is 0 Å². The summed E-state index contributed by atoms with van der Waals surface area (Å²) in [6.07, 6.45) is 1.88. The standard InChI is InChI=1S/C39H36N2O/c1-5-41-37-19-16-28(26(4)40-42-6-2)22-34(37)35-24-31(17-20-38(35)41)39-30(21-27-12-8-7-11-25(27)3)15-18-33-32-14-10-9-13-29(32)23-36(33)39/h7-20,22,24H,5-6,21,23H2,1-4H3. The molecule has 3 heteroatoms. The quantitative estimate of drug-likeness (QED) is 0.144. The summed E-state index contributed by atoms with van der Waals surface area (Å²) in [7, 11) is 0. The minimum Gasteiger partial charge on any atom is -0.396 e. The molecule has 0 saturated heterocycles. The second-order valence-electron chi connectivity index (χ2n) is 11.4. The van der Waals surface area contributed by atoms with Crippen molar-refractivity contribution in [2.24, 2.45) is 5.16 Å². The van der Waals surface area contributed by atoms with Crippen LogP contribution in [0.4, 0.5) is 0 Å². The first-order valence-electron chi connectivity index (χ1n) is 15.1. The SMILES string of the molecule is CCON=C(C)c1ccc2c(c1)c1cc(-c3c(Cc4ccccc4C)ccc4c3Cc3ccccc3-4)ccc1n2CC. The van der Waals surface area contributed by atoms with E-state index >= 15 is 0 Å². The molecule has 0 saturated carbocycles. The molecule has 0 spiro atoms. The Kier molecular flexibility index (Phi) is 6.66. The van der Waals surface area contributed by atoms with E-state index in [-0.39, 0.29) is 0 Å². The number of benzene rings is 5. The molecule has 0 N–H and O–H groups in total. The van der Waals surface area contributed by atoms with Gasteiger partial charge in [-0.25, -0.2) is 0 Å². The molecule has 3 nitrogen and oxygen atoms in total. The molecular formula is C39H36N2O. The van der Waals surface area contributed by atoms with Crippen molar-refractivity contribution in [1.29, 1.82) is 0 Å². The molecule has 0 aliphatic heterocycles. The van der Waals surface area contributed by atoms with Crippen LogP contribution in [0.15, 0.2) is 102 Å². The third kappa shape index (κ3) is 4.32. The van der Waals surface area contributed by atoms with Crippen molar-refractivity contribution >= 4 is 27.5 Å². The van der Waals surface area contributed by atoms with Crippen LogP contribution in [-0.4, -0.2) is 16.9 Å². The Hall–Kier alpha value is -4.63. The van der Waals surface area contributed by atoms with Crippen LogP contribution < -0.4 is 0 Å². The summed E-state index contributed by atoms with van der Waals surface area (Å²) in [6.45, 7) is 9.91. The van der Waals surface area contributed by atoms with Crippen molar-refractivity contribution in [3.05, 3.63) is 130 Å². The van der Waals surface area contributed by atoms with Gasteiger partial charge >= 0.3 is 0 Å². The third-order valence-electron chi connectivity index (χ3n) is 8.93. The van der Waals surface area contributed by atoms with Crippen molar-refractivity contribution < 1.29 is 4.84 Å². The largest absolute Gasteiger partial charge is 0.396 e. The lowest BCUT2D eigenvalue weighted by Crippen LogP contribution is -1.99. The molecule has 0 bridgehead atoms. The van der Waals surface area contributed by atoms with Crippen molar-refractivity contribution in [1.82, 2.24) is 4.57 Å². The van der Waals surface area contributed by atoms with E-state index in [4.69, 9.17) is 4.84 Å². The lowest BCUT2D eigenvalue weighted by Gasteiger charge is -2.17. The normalized spacial score (nSPS) is 12.6. The second kappa shape index (κ2) is 10.6. The molecule has 0 amide bonds. The zero-order chi connectivity index (χ0) is 28.8. The van der Waals surface area contributed by atoms with Gasteiger partial charge in [-0.15, -0.1) is 0 Å². The molecule has 1 aliphatic carbocycles. The van der Waals surface area contributed by atoms with Crippen LogP contribution in [-0.2, 0) is 24.2 Å². The number of nitrogens with zero attached hydrogens (tertiary/aromatic N) is 2. The first-order valence-corrected chi connectivity index (χ1v) is 15.1. The number of rotatable bonds is 7. The van der Waals surface area contributed by atoms with Crippen molar-refractivity contribution in [2.45, 2.75) is 47.1 Å². The Balaban J connectivity index is 1.46. The predicted octanol–water partition coefficient (Wildman–Crippen LogP) is 9.71. The molecule has 0 radical (unpaired) electrons. The predicted molar refractivity (Wildman–Crippen MR) is 177 cm³/mol. The molecule has 208 valence electrons. The van der Waals surface area contributed by atoms with Gasteiger partial charge in [0, 0.05) is 28.4 Å². The van der Waals surface area contributed by atoms with Crippen LogP contribution in [0.5, 0.6) is 0 Å². The summed E-state index contributed by atoms with van der Waals surface area (Å²) in [4.78, 5) is 5.37. The fourth-order valence-corrected chi connectivity index (χ4v) is 6.82. The Bertz CT molecular complexity index is 2010. The van der Waals surface area contributed by atoms with Crippen LogP contribution in [0.1, 0.15) is 54.2 Å². The smallest absolute Gasteiger partial charge is 0.114 e. The molecule has 6 aromatic rings. The molecule has 7 rings (SSSR count). The summed E-state index contributed by atoms with van der Waals surface area (Å²) in [5.41, 5.74) is 16.9. The van der Waals surface area contributed by atoms with Gasteiger partial charge in [0.15, 0.2) is 0 Å². The summed E-state index contributed by atoms with van der Waals surface area (Å²) in [5.74, 6) is 0. The molecular weight excluding hydrogens is 512 g/mol. The van der Waals surface area contributed by atoms with Crippen LogP contribution in [0.25, 0.3) is 44.1 Å². The first-order chi connectivity index (χ1) is 20.6. The minimum atomic E-state index is 0.564. The number of hydrogen-bond acceptors (Lipinski definition) is 2. The van der Waals surface area contributed by atoms with Gasteiger partial charge in [0.1, 0.15) is 6.61 Å². The van der Waals surface area contributed by atoms with Crippen LogP contribution in [0.3, 0.4) is 0 Å². The second-order valence-corrected chi connectivity index (χ2v) is 11.4. The zero-order valence-corrected chi connectivity index (χ0v) is 24.9. The molecule has 0 atom stereocenters. The highest BCUT2D eigenvalue weighted by Gasteiger charge is 2.24. The van der Waals surface area contributed by atoms with E-state index in [1.165, 1.54) is 71.9 Å². The minimum absolute atomic E-state index is 0.564. The molecule has 0 fully saturated rings. The first kappa shape index (κ1) is 26.3. The highest BCUT2D eigenvalue weighted by atomic mass is 16.6. The van der Waals surface area contributed by atoms with Gasteiger partial charge in [0.25, 0.3) is 0 Å². The fraction of sp³-hybridized carbons (Fsp3) is 0.205. The lowest BCUT2D eigenvalue weighted by molar-refractivity contribution is 0.159. The number of aromatic nitrogens is 1. The average Bonchev–Trinajstić information content (AvgIpc) is 3.55. The number of oxime groups is 1. The van der Waals surface area contributed by atoms with Crippen molar-refractivity contribution in [2.75, 3.05) is 6.61 Å². The summed E-state index contributed by atoms with van der Waals surface area (Å²) >= 11 is 0. The summed E-state index contributed by atoms with van der Waals surface area (Å²) in [5, 5.41) is 6.86. The fourth-order valence-electron chi connectivity index (χ4n) is 6.82. The van der Waals surface area contributed by atoms with Crippen molar-refractivity contribution in [3.63, 3.8) is 0 Å². The molecule has 1 aromatic heterocycles. The Morgan fingerprint density at radius 1 is 0.786 bits per heavy atom. The molecule has 1 aliphatic rings. The van der Waals surface area contributed by atoms with E-state index in [0.717, 1.165) is 30.7 Å². The van der Waals surface area contributed by atoms with Gasteiger partial charge in [-0.1, -0.05) is 78.0 Å². The van der Waals surface area contributed by atoms with Crippen molar-refractivity contribution in [3.8, 4) is 22.3 Å². The molecule has 42 heavy (non-hydrogen) atoms. The van der Waals surface area contributed by atoms with Gasteiger partial charge in [0.05, 0.1) is 5.71 Å². The maximum absolute atomic E-state index is 5.37. The van der Waals surface area contributed by atoms with E-state index in [9.17, 15) is 0 Å². The average molecular weight is 549 g/mol. The van der Waals surface area contributed by atoms with E-state index in [1.54, 1.807) is 0 Å². The zero-order valence-electron chi connectivity index (χ0n) is 24.9. The van der Waals surface area contributed by atoms with Gasteiger partial charge in [-0.05, 0) is 120 Å².